The second kappa shape index (κ2) is 7.11. The normalized spacial score (nSPS) is 19.4. The highest BCUT2D eigenvalue weighted by molar-refractivity contribution is 7.16. The van der Waals surface area contributed by atoms with Crippen LogP contribution in [0.3, 0.4) is 0 Å². The molecular formula is C19H21NO2S. The number of nitrogens with zero attached hydrogens (tertiary/aromatic N) is 1. The first-order chi connectivity index (χ1) is 11.1. The van der Waals surface area contributed by atoms with Crippen molar-refractivity contribution < 1.29 is 9.90 Å². The van der Waals surface area contributed by atoms with Gasteiger partial charge in [0.1, 0.15) is 0 Å². The second-order valence-electron chi connectivity index (χ2n) is 5.97. The van der Waals surface area contributed by atoms with Crippen molar-refractivity contribution in [3.63, 3.8) is 0 Å². The zero-order valence-corrected chi connectivity index (χ0v) is 14.0. The smallest absolute Gasteiger partial charge is 0.246 e. The van der Waals surface area contributed by atoms with Gasteiger partial charge in [-0.1, -0.05) is 30.3 Å². The first-order valence-electron chi connectivity index (χ1n) is 7.94. The van der Waals surface area contributed by atoms with Crippen molar-refractivity contribution in [2.24, 2.45) is 5.92 Å². The van der Waals surface area contributed by atoms with Gasteiger partial charge in [0.2, 0.25) is 5.91 Å². The molecule has 3 rings (SSSR count). The number of carbonyl (C=O) groups is 1. The number of aliphatic hydroxyl groups is 1. The van der Waals surface area contributed by atoms with Gasteiger partial charge >= 0.3 is 0 Å². The molecule has 1 aliphatic rings. The molecule has 2 heterocycles. The van der Waals surface area contributed by atoms with E-state index in [2.05, 4.69) is 18.2 Å². The Bertz CT molecular complexity index is 690. The van der Waals surface area contributed by atoms with Crippen molar-refractivity contribution in [1.82, 2.24) is 4.90 Å². The average Bonchev–Trinajstić information content (AvgIpc) is 3.23. The summed E-state index contributed by atoms with van der Waals surface area (Å²) in [5.41, 5.74) is 1.20. The van der Waals surface area contributed by atoms with Crippen LogP contribution < -0.4 is 0 Å². The molecule has 0 radical (unpaired) electrons. The van der Waals surface area contributed by atoms with Crippen LogP contribution in [0, 0.1) is 5.92 Å². The van der Waals surface area contributed by atoms with Crippen molar-refractivity contribution >= 4 is 23.3 Å². The number of amides is 1. The van der Waals surface area contributed by atoms with E-state index in [-0.39, 0.29) is 17.9 Å². The highest BCUT2D eigenvalue weighted by atomic mass is 32.1. The Morgan fingerprint density at radius 2 is 2.09 bits per heavy atom. The van der Waals surface area contributed by atoms with Crippen molar-refractivity contribution in [3.8, 4) is 10.4 Å². The molecule has 0 aliphatic carbocycles. The van der Waals surface area contributed by atoms with E-state index in [9.17, 15) is 9.90 Å². The molecule has 2 unspecified atom stereocenters. The summed E-state index contributed by atoms with van der Waals surface area (Å²) in [6.45, 7) is 3.18. The fourth-order valence-corrected chi connectivity index (χ4v) is 3.76. The van der Waals surface area contributed by atoms with Crippen LogP contribution in [0.2, 0.25) is 0 Å². The molecule has 0 saturated carbocycles. The topological polar surface area (TPSA) is 40.5 Å². The van der Waals surface area contributed by atoms with Crippen molar-refractivity contribution in [2.75, 3.05) is 13.1 Å². The van der Waals surface area contributed by atoms with Crippen LogP contribution in [0.5, 0.6) is 0 Å². The highest BCUT2D eigenvalue weighted by Crippen LogP contribution is 2.28. The monoisotopic (exact) mass is 327 g/mol. The molecule has 2 atom stereocenters. The van der Waals surface area contributed by atoms with E-state index in [1.165, 1.54) is 10.4 Å². The molecule has 3 nitrogen and oxygen atoms in total. The molecule has 1 saturated heterocycles. The van der Waals surface area contributed by atoms with Crippen molar-refractivity contribution in [3.05, 3.63) is 53.4 Å². The van der Waals surface area contributed by atoms with E-state index in [4.69, 9.17) is 0 Å². The van der Waals surface area contributed by atoms with Crippen LogP contribution in [0.25, 0.3) is 16.5 Å². The summed E-state index contributed by atoms with van der Waals surface area (Å²) in [5.74, 6) is 0.238. The molecule has 1 aromatic carbocycles. The molecule has 0 bridgehead atoms. The number of carbonyl (C=O) groups excluding carboxylic acids is 1. The first-order valence-corrected chi connectivity index (χ1v) is 8.75. The van der Waals surface area contributed by atoms with E-state index < -0.39 is 0 Å². The number of rotatable bonds is 4. The number of aliphatic hydroxyl groups excluding tert-OH is 1. The number of thiophene rings is 1. The van der Waals surface area contributed by atoms with Gasteiger partial charge in [0.25, 0.3) is 0 Å². The molecule has 0 spiro atoms. The predicted octanol–water partition coefficient (Wildman–Crippen LogP) is 3.66. The van der Waals surface area contributed by atoms with Gasteiger partial charge in [0.05, 0.1) is 6.10 Å². The maximum Gasteiger partial charge on any atom is 0.246 e. The molecule has 4 heteroatoms. The van der Waals surface area contributed by atoms with Gasteiger partial charge in [0.15, 0.2) is 0 Å². The minimum absolute atomic E-state index is 0.0304. The molecule has 1 amide bonds. The SMILES string of the molecule is CC(O)C1CCN(C(=O)/C=C/c2ccc(-c3ccccc3)s2)C1. The number of hydrogen-bond donors (Lipinski definition) is 1. The van der Waals surface area contributed by atoms with Gasteiger partial charge in [-0.3, -0.25) is 4.79 Å². The maximum absolute atomic E-state index is 12.2. The Kier molecular flexibility index (Phi) is 4.94. The van der Waals surface area contributed by atoms with E-state index >= 15 is 0 Å². The maximum atomic E-state index is 12.2. The zero-order chi connectivity index (χ0) is 16.2. The molecular weight excluding hydrogens is 306 g/mol. The highest BCUT2D eigenvalue weighted by Gasteiger charge is 2.27. The Morgan fingerprint density at radius 3 is 2.78 bits per heavy atom. The Hall–Kier alpha value is -1.91. The third-order valence-corrected chi connectivity index (χ3v) is 5.39. The summed E-state index contributed by atoms with van der Waals surface area (Å²) >= 11 is 1.68. The fraction of sp³-hybridized carbons (Fsp3) is 0.316. The van der Waals surface area contributed by atoms with Gasteiger partial charge in [-0.15, -0.1) is 11.3 Å². The van der Waals surface area contributed by atoms with Gasteiger partial charge in [-0.2, -0.15) is 0 Å². The summed E-state index contributed by atoms with van der Waals surface area (Å²) in [4.78, 5) is 16.3. The lowest BCUT2D eigenvalue weighted by Gasteiger charge is -2.15. The quantitative estimate of drug-likeness (QED) is 0.871. The van der Waals surface area contributed by atoms with E-state index in [0.717, 1.165) is 17.8 Å². The summed E-state index contributed by atoms with van der Waals surface area (Å²) < 4.78 is 0. The van der Waals surface area contributed by atoms with Gasteiger partial charge in [-0.25, -0.2) is 0 Å². The fourth-order valence-electron chi connectivity index (χ4n) is 2.84. The van der Waals surface area contributed by atoms with Crippen molar-refractivity contribution in [1.29, 1.82) is 0 Å². The summed E-state index contributed by atoms with van der Waals surface area (Å²) in [6, 6.07) is 14.4. The van der Waals surface area contributed by atoms with E-state index in [1.807, 2.05) is 35.2 Å². The van der Waals surface area contributed by atoms with Gasteiger partial charge in [-0.05, 0) is 37.1 Å². The Labute approximate surface area is 140 Å². The minimum atomic E-state index is -0.345. The molecule has 1 fully saturated rings. The van der Waals surface area contributed by atoms with Crippen molar-refractivity contribution in [2.45, 2.75) is 19.4 Å². The molecule has 23 heavy (non-hydrogen) atoms. The average molecular weight is 327 g/mol. The first kappa shape index (κ1) is 16.0. The second-order valence-corrected chi connectivity index (χ2v) is 7.09. The third-order valence-electron chi connectivity index (χ3n) is 4.29. The van der Waals surface area contributed by atoms with E-state index in [0.29, 0.717) is 6.54 Å². The lowest BCUT2D eigenvalue weighted by atomic mass is 10.0. The van der Waals surface area contributed by atoms with Gasteiger partial charge < -0.3 is 10.0 Å². The lowest BCUT2D eigenvalue weighted by Crippen LogP contribution is -2.28. The number of benzene rings is 1. The Balaban J connectivity index is 1.62. The van der Waals surface area contributed by atoms with Crippen LogP contribution in [0.1, 0.15) is 18.2 Å². The summed E-state index contributed by atoms with van der Waals surface area (Å²) in [7, 11) is 0. The molecule has 1 aromatic heterocycles. The largest absolute Gasteiger partial charge is 0.393 e. The lowest BCUT2D eigenvalue weighted by molar-refractivity contribution is -0.125. The predicted molar refractivity (Wildman–Crippen MR) is 95.2 cm³/mol. The number of likely N-dealkylation sites (tertiary alicyclic amines) is 1. The summed E-state index contributed by atoms with van der Waals surface area (Å²) in [5, 5.41) is 9.62. The van der Waals surface area contributed by atoms with Crippen LogP contribution in [0.4, 0.5) is 0 Å². The Morgan fingerprint density at radius 1 is 1.30 bits per heavy atom. The van der Waals surface area contributed by atoms with Crippen LogP contribution >= 0.6 is 11.3 Å². The van der Waals surface area contributed by atoms with Gasteiger partial charge in [0, 0.05) is 34.8 Å². The third kappa shape index (κ3) is 3.89. The standard InChI is InChI=1S/C19H21NO2S/c1-14(21)16-11-12-20(13-16)19(22)10-8-17-7-9-18(23-17)15-5-3-2-4-6-15/h2-10,14,16,21H,11-13H2,1H3/b10-8+. The number of hydrogen-bond acceptors (Lipinski definition) is 3. The minimum Gasteiger partial charge on any atom is -0.393 e. The van der Waals surface area contributed by atoms with E-state index in [1.54, 1.807) is 24.3 Å². The zero-order valence-electron chi connectivity index (χ0n) is 13.2. The summed E-state index contributed by atoms with van der Waals surface area (Å²) in [6.07, 6.45) is 4.07. The van der Waals surface area contributed by atoms with Crippen LogP contribution in [0.15, 0.2) is 48.5 Å². The van der Waals surface area contributed by atoms with Crippen LogP contribution in [-0.4, -0.2) is 35.1 Å². The van der Waals surface area contributed by atoms with Crippen LogP contribution in [-0.2, 0) is 4.79 Å². The molecule has 1 N–H and O–H groups in total. The molecule has 1 aliphatic heterocycles. The molecule has 2 aromatic rings. The molecule has 120 valence electrons.